The van der Waals surface area contributed by atoms with Crippen molar-refractivity contribution in [3.8, 4) is 5.75 Å². The fourth-order valence-electron chi connectivity index (χ4n) is 2.47. The number of benzene rings is 1. The van der Waals surface area contributed by atoms with Gasteiger partial charge in [-0.25, -0.2) is 9.97 Å². The van der Waals surface area contributed by atoms with E-state index in [1.807, 2.05) is 35.8 Å². The third-order valence-corrected chi connectivity index (χ3v) is 3.51. The van der Waals surface area contributed by atoms with Gasteiger partial charge in [0.05, 0.1) is 13.4 Å². The molecule has 0 atom stereocenters. The molecule has 2 aromatic heterocycles. The Labute approximate surface area is 127 Å². The number of ether oxygens (including phenoxy) is 1. The normalized spacial score (nSPS) is 11.0. The van der Waals surface area contributed by atoms with Crippen molar-refractivity contribution in [2.24, 2.45) is 0 Å². The van der Waals surface area contributed by atoms with Gasteiger partial charge >= 0.3 is 0 Å². The lowest BCUT2D eigenvalue weighted by Gasteiger charge is -2.06. The lowest BCUT2D eigenvalue weighted by Crippen LogP contribution is -2.15. The summed E-state index contributed by atoms with van der Waals surface area (Å²) in [5.41, 5.74) is 1.89. The van der Waals surface area contributed by atoms with Crippen LogP contribution in [-0.4, -0.2) is 26.6 Å². The monoisotopic (exact) mass is 298 g/mol. The minimum absolute atomic E-state index is 0.145. The van der Waals surface area contributed by atoms with Gasteiger partial charge in [0.15, 0.2) is 11.2 Å². The van der Waals surface area contributed by atoms with Crippen molar-refractivity contribution in [1.29, 1.82) is 0 Å². The Morgan fingerprint density at radius 1 is 1.36 bits per heavy atom. The van der Waals surface area contributed by atoms with Crippen LogP contribution in [0.3, 0.4) is 0 Å². The first-order valence-electron chi connectivity index (χ1n) is 7.28. The zero-order valence-corrected chi connectivity index (χ0v) is 12.7. The summed E-state index contributed by atoms with van der Waals surface area (Å²) in [5, 5.41) is 0. The predicted octanol–water partition coefficient (Wildman–Crippen LogP) is 2.13. The molecule has 2 heterocycles. The molecular formula is C16H18N4O2. The number of H-pyrrole nitrogens is 1. The zero-order chi connectivity index (χ0) is 15.5. The van der Waals surface area contributed by atoms with E-state index in [-0.39, 0.29) is 5.56 Å². The van der Waals surface area contributed by atoms with Crippen molar-refractivity contribution in [2.75, 3.05) is 7.11 Å². The predicted molar refractivity (Wildman–Crippen MR) is 84.2 cm³/mol. The fraction of sp³-hybridized carbons (Fsp3) is 0.312. The number of hydrogen-bond acceptors (Lipinski definition) is 4. The van der Waals surface area contributed by atoms with Crippen molar-refractivity contribution in [3.05, 3.63) is 52.3 Å². The second-order valence-corrected chi connectivity index (χ2v) is 5.16. The van der Waals surface area contributed by atoms with E-state index in [0.717, 1.165) is 24.2 Å². The second kappa shape index (κ2) is 6.01. The number of methoxy groups -OCH3 is 1. The van der Waals surface area contributed by atoms with E-state index in [9.17, 15) is 4.79 Å². The summed E-state index contributed by atoms with van der Waals surface area (Å²) in [6, 6.07) is 7.75. The number of nitrogens with one attached hydrogen (secondary N) is 1. The summed E-state index contributed by atoms with van der Waals surface area (Å²) in [7, 11) is 1.63. The largest absolute Gasteiger partial charge is 0.497 e. The lowest BCUT2D eigenvalue weighted by molar-refractivity contribution is 0.414. The smallest absolute Gasteiger partial charge is 0.277 e. The summed E-state index contributed by atoms with van der Waals surface area (Å²) < 4.78 is 7.03. The first kappa shape index (κ1) is 14.3. The standard InChI is InChI=1S/C16H18N4O2/c1-3-5-13-18-15-14(16(21)19-13)20(10-17-15)9-11-6-4-7-12(8-11)22-2/h4,6-8,10H,3,5,9H2,1-2H3,(H,18,19,21). The molecule has 0 fully saturated rings. The molecule has 22 heavy (non-hydrogen) atoms. The molecule has 0 aliphatic heterocycles. The van der Waals surface area contributed by atoms with E-state index in [0.29, 0.717) is 23.5 Å². The van der Waals surface area contributed by atoms with E-state index >= 15 is 0 Å². The first-order chi connectivity index (χ1) is 10.7. The van der Waals surface area contributed by atoms with Crippen LogP contribution in [0.15, 0.2) is 35.4 Å². The summed E-state index contributed by atoms with van der Waals surface area (Å²) in [4.78, 5) is 23.8. The van der Waals surface area contributed by atoms with Gasteiger partial charge in [-0.1, -0.05) is 19.1 Å². The van der Waals surface area contributed by atoms with Gasteiger partial charge < -0.3 is 14.3 Å². The molecule has 0 aliphatic rings. The van der Waals surface area contributed by atoms with E-state index in [1.165, 1.54) is 0 Å². The third-order valence-electron chi connectivity index (χ3n) is 3.51. The van der Waals surface area contributed by atoms with Crippen molar-refractivity contribution < 1.29 is 4.74 Å². The number of fused-ring (bicyclic) bond motifs is 1. The minimum Gasteiger partial charge on any atom is -0.497 e. The fourth-order valence-corrected chi connectivity index (χ4v) is 2.47. The van der Waals surface area contributed by atoms with Crippen LogP contribution in [0.1, 0.15) is 24.7 Å². The Morgan fingerprint density at radius 2 is 2.23 bits per heavy atom. The highest BCUT2D eigenvalue weighted by Gasteiger charge is 2.10. The van der Waals surface area contributed by atoms with Crippen LogP contribution in [0.4, 0.5) is 0 Å². The maximum atomic E-state index is 12.3. The van der Waals surface area contributed by atoms with Gasteiger partial charge in [0.1, 0.15) is 11.6 Å². The van der Waals surface area contributed by atoms with Gasteiger partial charge in [0, 0.05) is 13.0 Å². The van der Waals surface area contributed by atoms with Crippen LogP contribution in [-0.2, 0) is 13.0 Å². The van der Waals surface area contributed by atoms with Crippen molar-refractivity contribution in [2.45, 2.75) is 26.3 Å². The molecule has 0 radical (unpaired) electrons. The van der Waals surface area contributed by atoms with Crippen molar-refractivity contribution >= 4 is 11.2 Å². The summed E-state index contributed by atoms with van der Waals surface area (Å²) in [5.74, 6) is 1.48. The Hall–Kier alpha value is -2.63. The molecule has 0 bridgehead atoms. The van der Waals surface area contributed by atoms with Gasteiger partial charge in [-0.3, -0.25) is 4.79 Å². The number of hydrogen-bond donors (Lipinski definition) is 1. The number of nitrogens with zero attached hydrogens (tertiary/aromatic N) is 3. The molecule has 114 valence electrons. The molecule has 0 saturated carbocycles. The molecule has 3 aromatic rings. The molecule has 0 saturated heterocycles. The lowest BCUT2D eigenvalue weighted by atomic mass is 10.2. The maximum absolute atomic E-state index is 12.3. The third kappa shape index (κ3) is 2.72. The van der Waals surface area contributed by atoms with Gasteiger partial charge in [0.2, 0.25) is 0 Å². The topological polar surface area (TPSA) is 72.8 Å². The van der Waals surface area contributed by atoms with Crippen LogP contribution in [0.2, 0.25) is 0 Å². The Kier molecular flexibility index (Phi) is 3.91. The average Bonchev–Trinajstić information content (AvgIpc) is 2.91. The van der Waals surface area contributed by atoms with E-state index in [2.05, 4.69) is 15.0 Å². The molecular weight excluding hydrogens is 280 g/mol. The number of imidazole rings is 1. The van der Waals surface area contributed by atoms with Crippen molar-refractivity contribution in [3.63, 3.8) is 0 Å². The van der Waals surface area contributed by atoms with Crippen LogP contribution >= 0.6 is 0 Å². The van der Waals surface area contributed by atoms with Gasteiger partial charge in [0.25, 0.3) is 5.56 Å². The molecule has 0 unspecified atom stereocenters. The Bertz CT molecular complexity index is 851. The summed E-state index contributed by atoms with van der Waals surface area (Å²) in [6.07, 6.45) is 3.33. The molecule has 1 N–H and O–H groups in total. The summed E-state index contributed by atoms with van der Waals surface area (Å²) in [6.45, 7) is 2.59. The van der Waals surface area contributed by atoms with Gasteiger partial charge in [-0.2, -0.15) is 0 Å². The minimum atomic E-state index is -0.145. The number of aromatic amines is 1. The molecule has 0 amide bonds. The SMILES string of the molecule is CCCc1nc2ncn(Cc3cccc(OC)c3)c2c(=O)[nH]1. The highest BCUT2D eigenvalue weighted by Crippen LogP contribution is 2.15. The van der Waals surface area contributed by atoms with E-state index in [1.54, 1.807) is 13.4 Å². The highest BCUT2D eigenvalue weighted by molar-refractivity contribution is 5.69. The van der Waals surface area contributed by atoms with Crippen LogP contribution in [0.5, 0.6) is 5.75 Å². The van der Waals surface area contributed by atoms with Crippen LogP contribution < -0.4 is 10.3 Å². The Morgan fingerprint density at radius 3 is 3.00 bits per heavy atom. The quantitative estimate of drug-likeness (QED) is 0.783. The second-order valence-electron chi connectivity index (χ2n) is 5.16. The maximum Gasteiger partial charge on any atom is 0.277 e. The molecule has 6 nitrogen and oxygen atoms in total. The highest BCUT2D eigenvalue weighted by atomic mass is 16.5. The number of aryl methyl sites for hydroxylation is 1. The zero-order valence-electron chi connectivity index (χ0n) is 12.7. The van der Waals surface area contributed by atoms with Crippen molar-refractivity contribution in [1.82, 2.24) is 19.5 Å². The number of rotatable bonds is 5. The molecule has 3 rings (SSSR count). The Balaban J connectivity index is 1.99. The molecule has 6 heteroatoms. The van der Waals surface area contributed by atoms with Gasteiger partial charge in [-0.05, 0) is 24.1 Å². The van der Waals surface area contributed by atoms with E-state index in [4.69, 9.17) is 4.74 Å². The van der Waals surface area contributed by atoms with Crippen LogP contribution in [0, 0.1) is 0 Å². The van der Waals surface area contributed by atoms with E-state index < -0.39 is 0 Å². The number of aromatic nitrogens is 4. The van der Waals surface area contributed by atoms with Gasteiger partial charge in [-0.15, -0.1) is 0 Å². The molecule has 0 aliphatic carbocycles. The summed E-state index contributed by atoms with van der Waals surface area (Å²) >= 11 is 0. The average molecular weight is 298 g/mol. The van der Waals surface area contributed by atoms with Crippen LogP contribution in [0.25, 0.3) is 11.2 Å². The molecule has 1 aromatic carbocycles. The first-order valence-corrected chi connectivity index (χ1v) is 7.28. The molecule has 0 spiro atoms.